The number of rotatable bonds is 4. The van der Waals surface area contributed by atoms with Crippen LogP contribution >= 0.6 is 0 Å². The molecule has 0 bridgehead atoms. The van der Waals surface area contributed by atoms with Gasteiger partial charge in [-0.05, 0) is 0 Å². The van der Waals surface area contributed by atoms with Crippen LogP contribution in [0.4, 0.5) is 0 Å². The lowest BCUT2D eigenvalue weighted by molar-refractivity contribution is -0.292. The highest BCUT2D eigenvalue weighted by Gasteiger charge is 2.47. The van der Waals surface area contributed by atoms with Gasteiger partial charge >= 0.3 is 5.97 Å². The number of hydrogen-bond acceptors (Lipinski definition) is 7. The fourth-order valence-corrected chi connectivity index (χ4v) is 1.46. The number of ether oxygens (including phenoxy) is 3. The van der Waals surface area contributed by atoms with Gasteiger partial charge in [0.1, 0.15) is 18.3 Å². The van der Waals surface area contributed by atoms with Crippen molar-refractivity contribution in [2.75, 3.05) is 13.7 Å². The Hall–Kier alpha value is -0.990. The molecule has 0 amide bonds. The van der Waals surface area contributed by atoms with Crippen LogP contribution in [-0.4, -0.2) is 65.7 Å². The molecule has 0 aromatic carbocycles. The smallest absolute Gasteiger partial charge is 0.337 e. The predicted octanol–water partition coefficient (Wildman–Crippen LogP) is -1.83. The zero-order valence-corrected chi connectivity index (χ0v) is 9.35. The van der Waals surface area contributed by atoms with E-state index in [2.05, 4.69) is 11.3 Å². The highest BCUT2D eigenvalue weighted by Crippen LogP contribution is 2.22. The molecule has 7 heteroatoms. The Morgan fingerprint density at radius 1 is 1.35 bits per heavy atom. The molecule has 0 radical (unpaired) electrons. The predicted molar refractivity (Wildman–Crippen MR) is 54.8 cm³/mol. The van der Waals surface area contributed by atoms with E-state index in [9.17, 15) is 20.1 Å². The van der Waals surface area contributed by atoms with Crippen LogP contribution in [0.1, 0.15) is 0 Å². The molecule has 0 unspecified atom stereocenters. The molecule has 0 aliphatic carbocycles. The first-order chi connectivity index (χ1) is 8.02. The van der Waals surface area contributed by atoms with Crippen molar-refractivity contribution < 1.29 is 34.3 Å². The second kappa shape index (κ2) is 6.08. The number of methoxy groups -OCH3 is 1. The number of aliphatic hydroxyl groups excluding tert-OH is 3. The molecule has 1 heterocycles. The average molecular weight is 248 g/mol. The third kappa shape index (κ3) is 3.02. The lowest BCUT2D eigenvalue weighted by Gasteiger charge is -2.38. The van der Waals surface area contributed by atoms with Crippen LogP contribution in [0.15, 0.2) is 12.7 Å². The summed E-state index contributed by atoms with van der Waals surface area (Å²) in [6, 6.07) is 0. The van der Waals surface area contributed by atoms with E-state index in [1.165, 1.54) is 6.08 Å². The number of esters is 1. The van der Waals surface area contributed by atoms with Gasteiger partial charge in [-0.2, -0.15) is 0 Å². The van der Waals surface area contributed by atoms with Gasteiger partial charge in [0.2, 0.25) is 0 Å². The van der Waals surface area contributed by atoms with Gasteiger partial charge in [-0.3, -0.25) is 0 Å². The van der Waals surface area contributed by atoms with Crippen LogP contribution in [0.5, 0.6) is 0 Å². The zero-order chi connectivity index (χ0) is 13.0. The zero-order valence-electron chi connectivity index (χ0n) is 9.35. The molecule has 98 valence electrons. The molecular formula is C10H16O7. The SMILES string of the molecule is C=CCO[C@@H]1O[C@H](C(=O)OC)[C@@H](O)[C@H](O)[C@H]1O. The molecule has 0 aromatic heterocycles. The van der Waals surface area contributed by atoms with Crippen molar-refractivity contribution >= 4 is 5.97 Å². The van der Waals surface area contributed by atoms with Crippen LogP contribution < -0.4 is 0 Å². The number of hydrogen-bond donors (Lipinski definition) is 3. The summed E-state index contributed by atoms with van der Waals surface area (Å²) in [4.78, 5) is 11.3. The Morgan fingerprint density at radius 2 is 2.00 bits per heavy atom. The lowest BCUT2D eigenvalue weighted by Crippen LogP contribution is -2.60. The minimum atomic E-state index is -1.57. The number of carbonyl (C=O) groups excluding carboxylic acids is 1. The van der Waals surface area contributed by atoms with Crippen molar-refractivity contribution in [3.8, 4) is 0 Å². The van der Waals surface area contributed by atoms with E-state index in [-0.39, 0.29) is 6.61 Å². The van der Waals surface area contributed by atoms with Gasteiger partial charge in [-0.25, -0.2) is 4.79 Å². The van der Waals surface area contributed by atoms with E-state index in [4.69, 9.17) is 9.47 Å². The summed E-state index contributed by atoms with van der Waals surface area (Å²) >= 11 is 0. The highest BCUT2D eigenvalue weighted by molar-refractivity contribution is 5.75. The summed E-state index contributed by atoms with van der Waals surface area (Å²) in [5.41, 5.74) is 0. The van der Waals surface area contributed by atoms with Gasteiger partial charge < -0.3 is 29.5 Å². The van der Waals surface area contributed by atoms with E-state index >= 15 is 0 Å². The molecule has 0 spiro atoms. The maximum absolute atomic E-state index is 11.3. The third-order valence-electron chi connectivity index (χ3n) is 2.38. The Kier molecular flexibility index (Phi) is 5.03. The minimum absolute atomic E-state index is 0.0679. The standard InChI is InChI=1S/C10H16O7/c1-3-4-16-10-7(13)5(11)6(12)8(17-10)9(14)15-2/h3,5-8,10-13H,1,4H2,2H3/t5-,6-,7+,8-,10+/m0/s1. The normalized spacial score (nSPS) is 37.5. The van der Waals surface area contributed by atoms with Crippen LogP contribution in [0.3, 0.4) is 0 Å². The molecule has 1 rings (SSSR count). The molecule has 1 fully saturated rings. The molecule has 0 saturated carbocycles. The van der Waals surface area contributed by atoms with Crippen molar-refractivity contribution in [1.82, 2.24) is 0 Å². The molecule has 1 aliphatic heterocycles. The van der Waals surface area contributed by atoms with Gasteiger partial charge in [-0.1, -0.05) is 6.08 Å². The Bertz CT molecular complexity index is 280. The maximum Gasteiger partial charge on any atom is 0.337 e. The number of aliphatic hydroxyl groups is 3. The molecule has 1 saturated heterocycles. The minimum Gasteiger partial charge on any atom is -0.467 e. The monoisotopic (exact) mass is 248 g/mol. The Morgan fingerprint density at radius 3 is 2.53 bits per heavy atom. The molecule has 3 N–H and O–H groups in total. The van der Waals surface area contributed by atoms with Crippen molar-refractivity contribution in [2.45, 2.75) is 30.7 Å². The summed E-state index contributed by atoms with van der Waals surface area (Å²) in [6.07, 6.45) is -5.78. The fourth-order valence-electron chi connectivity index (χ4n) is 1.46. The maximum atomic E-state index is 11.3. The van der Waals surface area contributed by atoms with Crippen LogP contribution in [0.2, 0.25) is 0 Å². The van der Waals surface area contributed by atoms with Gasteiger partial charge in [0.25, 0.3) is 0 Å². The van der Waals surface area contributed by atoms with Crippen LogP contribution in [0.25, 0.3) is 0 Å². The van der Waals surface area contributed by atoms with E-state index in [0.29, 0.717) is 0 Å². The van der Waals surface area contributed by atoms with Gasteiger partial charge in [-0.15, -0.1) is 6.58 Å². The molecule has 1 aliphatic rings. The van der Waals surface area contributed by atoms with E-state index < -0.39 is 36.7 Å². The van der Waals surface area contributed by atoms with Crippen LogP contribution in [0, 0.1) is 0 Å². The largest absolute Gasteiger partial charge is 0.467 e. The first-order valence-electron chi connectivity index (χ1n) is 5.03. The summed E-state index contributed by atoms with van der Waals surface area (Å²) in [5, 5.41) is 28.6. The summed E-state index contributed by atoms with van der Waals surface area (Å²) in [6.45, 7) is 3.48. The summed E-state index contributed by atoms with van der Waals surface area (Å²) < 4.78 is 14.5. The Labute approximate surface area is 98.2 Å². The summed E-state index contributed by atoms with van der Waals surface area (Å²) in [7, 11) is 1.12. The lowest BCUT2D eigenvalue weighted by atomic mass is 9.99. The first kappa shape index (κ1) is 14.1. The van der Waals surface area contributed by atoms with Crippen molar-refractivity contribution in [2.24, 2.45) is 0 Å². The van der Waals surface area contributed by atoms with Crippen LogP contribution in [-0.2, 0) is 19.0 Å². The van der Waals surface area contributed by atoms with Crippen molar-refractivity contribution in [1.29, 1.82) is 0 Å². The molecular weight excluding hydrogens is 232 g/mol. The molecule has 0 aromatic rings. The molecule has 5 atom stereocenters. The van der Waals surface area contributed by atoms with Gasteiger partial charge in [0.05, 0.1) is 13.7 Å². The summed E-state index contributed by atoms with van der Waals surface area (Å²) in [5.74, 6) is -0.851. The van der Waals surface area contributed by atoms with E-state index in [1.807, 2.05) is 0 Å². The van der Waals surface area contributed by atoms with E-state index in [1.54, 1.807) is 0 Å². The molecule has 7 nitrogen and oxygen atoms in total. The topological polar surface area (TPSA) is 105 Å². The van der Waals surface area contributed by atoms with Crippen molar-refractivity contribution in [3.63, 3.8) is 0 Å². The van der Waals surface area contributed by atoms with Gasteiger partial charge in [0.15, 0.2) is 12.4 Å². The fraction of sp³-hybridized carbons (Fsp3) is 0.700. The third-order valence-corrected chi connectivity index (χ3v) is 2.38. The first-order valence-corrected chi connectivity index (χ1v) is 5.03. The van der Waals surface area contributed by atoms with E-state index in [0.717, 1.165) is 7.11 Å². The molecule has 17 heavy (non-hydrogen) atoms. The second-order valence-electron chi connectivity index (χ2n) is 3.54. The van der Waals surface area contributed by atoms with Crippen molar-refractivity contribution in [3.05, 3.63) is 12.7 Å². The highest BCUT2D eigenvalue weighted by atomic mass is 16.7. The Balaban J connectivity index is 2.74. The number of carbonyl (C=O) groups is 1. The quantitative estimate of drug-likeness (QED) is 0.397. The average Bonchev–Trinajstić information content (AvgIpc) is 2.34. The second-order valence-corrected chi connectivity index (χ2v) is 3.54. The van der Waals surface area contributed by atoms with Gasteiger partial charge in [0, 0.05) is 0 Å².